The van der Waals surface area contributed by atoms with Gasteiger partial charge in [0.15, 0.2) is 0 Å². The Labute approximate surface area is 140 Å². The van der Waals surface area contributed by atoms with Crippen LogP contribution in [0.25, 0.3) is 0 Å². The number of rotatable bonds is 5. The second-order valence-corrected chi connectivity index (χ2v) is 6.97. The van der Waals surface area contributed by atoms with E-state index in [1.807, 2.05) is 54.9 Å². The van der Waals surface area contributed by atoms with Gasteiger partial charge in [0.25, 0.3) is 0 Å². The van der Waals surface area contributed by atoms with E-state index >= 15 is 0 Å². The first-order valence-electron chi connectivity index (χ1n) is 7.72. The topological polar surface area (TPSA) is 40.6 Å². The quantitative estimate of drug-likeness (QED) is 0.847. The molecule has 1 aromatic carbocycles. The summed E-state index contributed by atoms with van der Waals surface area (Å²) in [6.07, 6.45) is 0.320. The number of nitrogens with zero attached hydrogens (tertiary/aromatic N) is 2. The maximum absolute atomic E-state index is 12.6. The Bertz CT molecular complexity index is 670. The van der Waals surface area contributed by atoms with Gasteiger partial charge < -0.3 is 9.80 Å². The molecule has 2 amide bonds. The number of benzene rings is 1. The third-order valence-electron chi connectivity index (χ3n) is 4.13. The Morgan fingerprint density at radius 2 is 2.04 bits per heavy atom. The zero-order chi connectivity index (χ0) is 16.2. The number of carbonyl (C=O) groups is 2. The summed E-state index contributed by atoms with van der Waals surface area (Å²) in [5.41, 5.74) is 1.10. The molecule has 120 valence electrons. The average molecular weight is 328 g/mol. The Hall–Kier alpha value is -2.14. The summed E-state index contributed by atoms with van der Waals surface area (Å²) in [6, 6.07) is 13.9. The number of likely N-dealkylation sites (tertiary alicyclic amines) is 1. The van der Waals surface area contributed by atoms with Crippen molar-refractivity contribution >= 4 is 23.2 Å². The first-order valence-corrected chi connectivity index (χ1v) is 8.60. The summed E-state index contributed by atoms with van der Waals surface area (Å²) in [6.45, 7) is 1.71. The number of carbonyl (C=O) groups excluding carboxylic acids is 2. The van der Waals surface area contributed by atoms with Crippen LogP contribution in [0.15, 0.2) is 47.8 Å². The summed E-state index contributed by atoms with van der Waals surface area (Å²) in [5.74, 6) is -0.102. The number of amides is 2. The highest BCUT2D eigenvalue weighted by atomic mass is 32.1. The molecule has 0 N–H and O–H groups in total. The number of hydrogen-bond donors (Lipinski definition) is 0. The first kappa shape index (κ1) is 15.7. The molecule has 0 bridgehead atoms. The predicted molar refractivity (Wildman–Crippen MR) is 90.8 cm³/mol. The van der Waals surface area contributed by atoms with Crippen LogP contribution < -0.4 is 0 Å². The SMILES string of the molecule is CN(Cc1cccs1)C(=O)[C@@H]1CC(=O)N(Cc2ccccc2)C1. The van der Waals surface area contributed by atoms with Crippen molar-refractivity contribution in [3.05, 3.63) is 58.3 Å². The van der Waals surface area contributed by atoms with Crippen LogP contribution in [0.3, 0.4) is 0 Å². The lowest BCUT2D eigenvalue weighted by atomic mass is 10.1. The van der Waals surface area contributed by atoms with E-state index in [9.17, 15) is 9.59 Å². The smallest absolute Gasteiger partial charge is 0.228 e. The molecule has 5 heteroatoms. The molecule has 1 aliphatic heterocycles. The molecule has 1 saturated heterocycles. The lowest BCUT2D eigenvalue weighted by molar-refractivity contribution is -0.135. The lowest BCUT2D eigenvalue weighted by Gasteiger charge is -2.21. The Kier molecular flexibility index (Phi) is 4.76. The Morgan fingerprint density at radius 1 is 1.26 bits per heavy atom. The van der Waals surface area contributed by atoms with E-state index in [2.05, 4.69) is 0 Å². The fourth-order valence-electron chi connectivity index (χ4n) is 2.92. The fourth-order valence-corrected chi connectivity index (χ4v) is 3.68. The molecule has 1 aliphatic rings. The molecule has 1 aromatic heterocycles. The van der Waals surface area contributed by atoms with Crippen LogP contribution >= 0.6 is 11.3 Å². The summed E-state index contributed by atoms with van der Waals surface area (Å²) < 4.78 is 0. The van der Waals surface area contributed by atoms with Crippen LogP contribution in [0.5, 0.6) is 0 Å². The fraction of sp³-hybridized carbons (Fsp3) is 0.333. The summed E-state index contributed by atoms with van der Waals surface area (Å²) >= 11 is 1.64. The monoisotopic (exact) mass is 328 g/mol. The van der Waals surface area contributed by atoms with Crippen molar-refractivity contribution in [3.63, 3.8) is 0 Å². The van der Waals surface area contributed by atoms with Crippen LogP contribution in [-0.4, -0.2) is 35.2 Å². The second-order valence-electron chi connectivity index (χ2n) is 5.93. The zero-order valence-corrected chi connectivity index (χ0v) is 14.0. The van der Waals surface area contributed by atoms with Gasteiger partial charge in [-0.05, 0) is 17.0 Å². The third kappa shape index (κ3) is 3.79. The molecular weight excluding hydrogens is 308 g/mol. The number of hydrogen-bond acceptors (Lipinski definition) is 3. The van der Waals surface area contributed by atoms with Crippen LogP contribution in [0.1, 0.15) is 16.9 Å². The van der Waals surface area contributed by atoms with E-state index in [0.29, 0.717) is 26.1 Å². The minimum Gasteiger partial charge on any atom is -0.340 e. The van der Waals surface area contributed by atoms with Gasteiger partial charge in [-0.2, -0.15) is 0 Å². The van der Waals surface area contributed by atoms with Gasteiger partial charge in [-0.25, -0.2) is 0 Å². The van der Waals surface area contributed by atoms with E-state index in [1.54, 1.807) is 21.1 Å². The van der Waals surface area contributed by atoms with Gasteiger partial charge in [0.1, 0.15) is 0 Å². The van der Waals surface area contributed by atoms with E-state index < -0.39 is 0 Å². The third-order valence-corrected chi connectivity index (χ3v) is 4.99. The summed E-state index contributed by atoms with van der Waals surface area (Å²) in [7, 11) is 1.81. The second kappa shape index (κ2) is 6.96. The normalized spacial score (nSPS) is 17.5. The molecule has 23 heavy (non-hydrogen) atoms. The summed E-state index contributed by atoms with van der Waals surface area (Å²) in [4.78, 5) is 29.4. The highest BCUT2D eigenvalue weighted by Crippen LogP contribution is 2.23. The zero-order valence-electron chi connectivity index (χ0n) is 13.1. The highest BCUT2D eigenvalue weighted by molar-refractivity contribution is 7.09. The molecule has 1 atom stereocenters. The molecule has 2 aromatic rings. The molecule has 1 fully saturated rings. The van der Waals surface area contributed by atoms with E-state index in [0.717, 1.165) is 10.4 Å². The number of thiophene rings is 1. The van der Waals surface area contributed by atoms with Crippen molar-refractivity contribution in [2.45, 2.75) is 19.5 Å². The largest absolute Gasteiger partial charge is 0.340 e. The minimum absolute atomic E-state index is 0.0577. The molecule has 0 spiro atoms. The standard InChI is InChI=1S/C18H20N2O2S/c1-19(13-16-8-5-9-23-16)18(22)15-10-17(21)20(12-15)11-14-6-3-2-4-7-14/h2-9,15H,10-13H2,1H3/t15-/m1/s1. The van der Waals surface area contributed by atoms with Crippen molar-refractivity contribution in [1.82, 2.24) is 9.80 Å². The highest BCUT2D eigenvalue weighted by Gasteiger charge is 2.35. The molecule has 0 unspecified atom stereocenters. The molecule has 4 nitrogen and oxygen atoms in total. The lowest BCUT2D eigenvalue weighted by Crippen LogP contribution is -2.34. The molecule has 0 radical (unpaired) electrons. The van der Waals surface area contributed by atoms with Gasteiger partial charge in [-0.15, -0.1) is 11.3 Å². The van der Waals surface area contributed by atoms with Crippen LogP contribution in [0.4, 0.5) is 0 Å². The predicted octanol–water partition coefficient (Wildman–Crippen LogP) is 2.76. The van der Waals surface area contributed by atoms with Crippen molar-refractivity contribution in [1.29, 1.82) is 0 Å². The Morgan fingerprint density at radius 3 is 2.74 bits per heavy atom. The van der Waals surface area contributed by atoms with Crippen LogP contribution in [0, 0.1) is 5.92 Å². The maximum atomic E-state index is 12.6. The van der Waals surface area contributed by atoms with Crippen LogP contribution in [0.2, 0.25) is 0 Å². The van der Waals surface area contributed by atoms with Crippen molar-refractivity contribution in [2.75, 3.05) is 13.6 Å². The average Bonchev–Trinajstić information content (AvgIpc) is 3.18. The molecule has 3 rings (SSSR count). The van der Waals surface area contributed by atoms with Crippen molar-refractivity contribution in [3.8, 4) is 0 Å². The van der Waals surface area contributed by atoms with Gasteiger partial charge in [0.05, 0.1) is 12.5 Å². The van der Waals surface area contributed by atoms with Crippen molar-refractivity contribution < 1.29 is 9.59 Å². The van der Waals surface area contributed by atoms with E-state index in [-0.39, 0.29) is 17.7 Å². The Balaban J connectivity index is 1.59. The molecular formula is C18H20N2O2S. The van der Waals surface area contributed by atoms with E-state index in [4.69, 9.17) is 0 Å². The molecule has 0 saturated carbocycles. The van der Waals surface area contributed by atoms with Gasteiger partial charge in [0.2, 0.25) is 11.8 Å². The molecule has 0 aliphatic carbocycles. The van der Waals surface area contributed by atoms with Gasteiger partial charge in [-0.3, -0.25) is 9.59 Å². The van der Waals surface area contributed by atoms with Gasteiger partial charge in [0, 0.05) is 31.4 Å². The first-order chi connectivity index (χ1) is 11.1. The van der Waals surface area contributed by atoms with E-state index in [1.165, 1.54) is 0 Å². The summed E-state index contributed by atoms with van der Waals surface area (Å²) in [5, 5.41) is 2.01. The van der Waals surface area contributed by atoms with Crippen LogP contribution in [-0.2, 0) is 22.7 Å². The maximum Gasteiger partial charge on any atom is 0.228 e. The van der Waals surface area contributed by atoms with Gasteiger partial charge >= 0.3 is 0 Å². The van der Waals surface area contributed by atoms with Crippen molar-refractivity contribution in [2.24, 2.45) is 5.92 Å². The molecule has 2 heterocycles. The minimum atomic E-state index is -0.226. The van der Waals surface area contributed by atoms with Gasteiger partial charge in [-0.1, -0.05) is 36.4 Å².